The summed E-state index contributed by atoms with van der Waals surface area (Å²) in [7, 11) is 0. The Morgan fingerprint density at radius 3 is 2.93 bits per heavy atom. The summed E-state index contributed by atoms with van der Waals surface area (Å²) in [5.74, 6) is 0.623. The van der Waals surface area contributed by atoms with Gasteiger partial charge in [0, 0.05) is 35.4 Å². The van der Waals surface area contributed by atoms with Gasteiger partial charge in [-0.05, 0) is 38.0 Å². The first-order chi connectivity index (χ1) is 13.2. The molecule has 2 heterocycles. The van der Waals surface area contributed by atoms with E-state index < -0.39 is 0 Å². The maximum atomic E-state index is 12.7. The lowest BCUT2D eigenvalue weighted by molar-refractivity contribution is 0.282. The third-order valence-corrected chi connectivity index (χ3v) is 4.31. The molecule has 1 aliphatic carbocycles. The van der Waals surface area contributed by atoms with Gasteiger partial charge in [0.1, 0.15) is 5.82 Å². The van der Waals surface area contributed by atoms with Gasteiger partial charge in [-0.25, -0.2) is 0 Å². The van der Waals surface area contributed by atoms with Crippen molar-refractivity contribution in [3.63, 3.8) is 0 Å². The molecule has 1 aliphatic rings. The molecule has 5 nitrogen and oxygen atoms in total. The number of hydrogen-bond donors (Lipinski definition) is 2. The minimum Gasteiger partial charge on any atom is -0.392 e. The molecule has 5 heteroatoms. The molecular weight excluding hydrogens is 338 g/mol. The number of aromatic nitrogens is 2. The van der Waals surface area contributed by atoms with Crippen LogP contribution >= 0.6 is 0 Å². The Bertz CT molecular complexity index is 1040. The van der Waals surface area contributed by atoms with Crippen molar-refractivity contribution in [2.45, 2.75) is 26.4 Å². The van der Waals surface area contributed by atoms with E-state index >= 15 is 0 Å². The van der Waals surface area contributed by atoms with Crippen LogP contribution in [0.3, 0.4) is 0 Å². The summed E-state index contributed by atoms with van der Waals surface area (Å²) >= 11 is 0. The number of pyridine rings is 2. The van der Waals surface area contributed by atoms with Gasteiger partial charge in [0.05, 0.1) is 17.5 Å². The Hall–Kier alpha value is -3.18. The van der Waals surface area contributed by atoms with Gasteiger partial charge in [0.25, 0.3) is 0 Å². The van der Waals surface area contributed by atoms with Crippen LogP contribution in [0.5, 0.6) is 0 Å². The van der Waals surface area contributed by atoms with Gasteiger partial charge in [-0.3, -0.25) is 14.3 Å². The monoisotopic (exact) mass is 361 g/mol. The number of rotatable bonds is 6. The van der Waals surface area contributed by atoms with Crippen LogP contribution < -0.4 is 10.7 Å². The van der Waals surface area contributed by atoms with E-state index in [-0.39, 0.29) is 12.0 Å². The average Bonchev–Trinajstić information content (AvgIpc) is 2.69. The number of aliphatic hydroxyl groups excluding tert-OH is 1. The summed E-state index contributed by atoms with van der Waals surface area (Å²) in [6, 6.07) is 1.56. The second kappa shape index (κ2) is 8.47. The minimum atomic E-state index is -0.215. The molecule has 0 radical (unpaired) electrons. The zero-order valence-corrected chi connectivity index (χ0v) is 15.4. The van der Waals surface area contributed by atoms with Crippen molar-refractivity contribution in [3.05, 3.63) is 89.1 Å². The molecule has 2 aromatic heterocycles. The van der Waals surface area contributed by atoms with E-state index in [1.54, 1.807) is 18.3 Å². The summed E-state index contributed by atoms with van der Waals surface area (Å²) in [6.45, 7) is 5.51. The Morgan fingerprint density at radius 2 is 2.26 bits per heavy atom. The third-order valence-electron chi connectivity index (χ3n) is 4.31. The first kappa shape index (κ1) is 18.6. The van der Waals surface area contributed by atoms with Gasteiger partial charge >= 0.3 is 0 Å². The molecule has 0 spiro atoms. The molecular formula is C22H23N3O2. The standard InChI is InChI=1S/C22H23N3O2/c1-3-8-18(9-4-2)25-21(24-17-10-6-5-7-11-17)12-20(27)19-14-23-13-16(15-26)22(19)25/h3-4,6,8-14,24,26H,1,5,7,15H2,2H3/b9-4-,18-8+. The predicted octanol–water partition coefficient (Wildman–Crippen LogP) is 4.14. The van der Waals surface area contributed by atoms with Crippen LogP contribution in [0, 0.1) is 0 Å². The highest BCUT2D eigenvalue weighted by Crippen LogP contribution is 2.27. The second-order valence-corrected chi connectivity index (χ2v) is 6.17. The Balaban J connectivity index is 2.36. The lowest BCUT2D eigenvalue weighted by atomic mass is 10.1. The van der Waals surface area contributed by atoms with Gasteiger partial charge < -0.3 is 10.4 Å². The number of aliphatic hydroxyl groups is 1. The molecule has 0 aromatic carbocycles. The molecule has 0 atom stereocenters. The highest BCUT2D eigenvalue weighted by atomic mass is 16.3. The van der Waals surface area contributed by atoms with E-state index in [0.29, 0.717) is 22.3 Å². The van der Waals surface area contributed by atoms with Crippen LogP contribution in [0.2, 0.25) is 0 Å². The van der Waals surface area contributed by atoms with Gasteiger partial charge in [0.2, 0.25) is 0 Å². The minimum absolute atomic E-state index is 0.148. The first-order valence-electron chi connectivity index (χ1n) is 8.92. The van der Waals surface area contributed by atoms with Crippen LogP contribution in [0.15, 0.2) is 78.1 Å². The normalized spacial score (nSPS) is 14.6. The zero-order valence-electron chi connectivity index (χ0n) is 15.4. The highest BCUT2D eigenvalue weighted by molar-refractivity contribution is 5.88. The molecule has 138 valence electrons. The maximum absolute atomic E-state index is 12.7. The van der Waals surface area contributed by atoms with Gasteiger partial charge in [-0.15, -0.1) is 0 Å². The summed E-state index contributed by atoms with van der Waals surface area (Å²) in [4.78, 5) is 16.8. The van der Waals surface area contributed by atoms with E-state index in [0.717, 1.165) is 24.2 Å². The molecule has 0 unspecified atom stereocenters. The van der Waals surface area contributed by atoms with E-state index in [2.05, 4.69) is 29.0 Å². The van der Waals surface area contributed by atoms with E-state index in [1.807, 2.05) is 35.8 Å². The molecule has 27 heavy (non-hydrogen) atoms. The molecule has 2 aromatic rings. The molecule has 3 rings (SSSR count). The largest absolute Gasteiger partial charge is 0.392 e. The molecule has 0 saturated carbocycles. The predicted molar refractivity (Wildman–Crippen MR) is 111 cm³/mol. The van der Waals surface area contributed by atoms with Crippen molar-refractivity contribution in [2.75, 3.05) is 5.32 Å². The van der Waals surface area contributed by atoms with E-state index in [1.165, 1.54) is 6.20 Å². The lowest BCUT2D eigenvalue weighted by Gasteiger charge is -2.21. The Labute approximate surface area is 158 Å². The average molecular weight is 361 g/mol. The highest BCUT2D eigenvalue weighted by Gasteiger charge is 2.15. The number of allylic oxidation sites excluding steroid dienone is 8. The topological polar surface area (TPSA) is 67.2 Å². The fraction of sp³-hybridized carbons (Fsp3) is 0.182. The van der Waals surface area contributed by atoms with Crippen molar-refractivity contribution in [3.8, 4) is 0 Å². The quantitative estimate of drug-likeness (QED) is 0.759. The summed E-state index contributed by atoms with van der Waals surface area (Å²) in [6.07, 6.45) is 18.7. The van der Waals surface area contributed by atoms with Crippen LogP contribution in [0.1, 0.15) is 25.3 Å². The van der Waals surface area contributed by atoms with Gasteiger partial charge in [-0.1, -0.05) is 30.9 Å². The van der Waals surface area contributed by atoms with Crippen LogP contribution in [-0.2, 0) is 6.61 Å². The number of hydrogen-bond acceptors (Lipinski definition) is 4. The van der Waals surface area contributed by atoms with Crippen molar-refractivity contribution >= 4 is 22.4 Å². The zero-order chi connectivity index (χ0) is 19.2. The van der Waals surface area contributed by atoms with Crippen LogP contribution in [0.4, 0.5) is 5.82 Å². The second-order valence-electron chi connectivity index (χ2n) is 6.17. The number of fused-ring (bicyclic) bond motifs is 1. The molecule has 0 aliphatic heterocycles. The summed E-state index contributed by atoms with van der Waals surface area (Å²) in [5, 5.41) is 13.7. The summed E-state index contributed by atoms with van der Waals surface area (Å²) in [5.41, 5.74) is 2.83. The van der Waals surface area contributed by atoms with E-state index in [9.17, 15) is 9.90 Å². The SMILES string of the molecule is C=C/C=C(\C=C/C)n1c(NC2=CCCC=C2)cc(=O)c2cncc(CO)c21. The Morgan fingerprint density at radius 1 is 1.41 bits per heavy atom. The van der Waals surface area contributed by atoms with Crippen molar-refractivity contribution in [1.82, 2.24) is 9.55 Å². The number of nitrogens with zero attached hydrogens (tertiary/aromatic N) is 2. The lowest BCUT2D eigenvalue weighted by Crippen LogP contribution is -2.16. The summed E-state index contributed by atoms with van der Waals surface area (Å²) < 4.78 is 1.93. The number of nitrogens with one attached hydrogen (secondary N) is 1. The fourth-order valence-corrected chi connectivity index (χ4v) is 3.15. The molecule has 0 amide bonds. The maximum Gasteiger partial charge on any atom is 0.193 e. The third kappa shape index (κ3) is 3.83. The first-order valence-corrected chi connectivity index (χ1v) is 8.92. The molecule has 0 saturated heterocycles. The Kier molecular flexibility index (Phi) is 5.84. The molecule has 2 N–H and O–H groups in total. The molecule has 0 bridgehead atoms. The van der Waals surface area contributed by atoms with Crippen molar-refractivity contribution in [2.24, 2.45) is 0 Å². The van der Waals surface area contributed by atoms with Crippen molar-refractivity contribution in [1.29, 1.82) is 0 Å². The van der Waals surface area contributed by atoms with E-state index in [4.69, 9.17) is 0 Å². The smallest absolute Gasteiger partial charge is 0.193 e. The van der Waals surface area contributed by atoms with Gasteiger partial charge in [0.15, 0.2) is 5.43 Å². The number of anilines is 1. The fourth-order valence-electron chi connectivity index (χ4n) is 3.15. The van der Waals surface area contributed by atoms with Crippen LogP contribution in [0.25, 0.3) is 16.6 Å². The molecule has 0 fully saturated rings. The van der Waals surface area contributed by atoms with Gasteiger partial charge in [-0.2, -0.15) is 0 Å². The van der Waals surface area contributed by atoms with Crippen LogP contribution in [-0.4, -0.2) is 14.7 Å². The van der Waals surface area contributed by atoms with Crippen molar-refractivity contribution < 1.29 is 5.11 Å².